The van der Waals surface area contributed by atoms with Crippen molar-refractivity contribution in [3.8, 4) is 0 Å². The highest BCUT2D eigenvalue weighted by Crippen LogP contribution is 2.38. The number of nitrogens with two attached hydrogens (primary N) is 1. The summed E-state index contributed by atoms with van der Waals surface area (Å²) in [6.45, 7) is 6.19. The molecule has 1 amide bonds. The van der Waals surface area contributed by atoms with Gasteiger partial charge in [0.2, 0.25) is 5.91 Å². The number of halogens is 2. The molecule has 2 aromatic rings. The number of anilines is 1. The molecule has 1 aromatic heterocycles. The molecule has 2 aliphatic rings. The molecule has 160 valence electrons. The molecule has 3 atom stereocenters. The van der Waals surface area contributed by atoms with E-state index in [4.69, 9.17) is 17.3 Å². The van der Waals surface area contributed by atoms with Gasteiger partial charge in [0.15, 0.2) is 0 Å². The van der Waals surface area contributed by atoms with Crippen molar-refractivity contribution in [2.75, 3.05) is 24.5 Å². The number of rotatable bonds is 4. The smallest absolute Gasteiger partial charge is 0.239 e. The molecule has 1 unspecified atom stereocenters. The van der Waals surface area contributed by atoms with Crippen LogP contribution in [0.2, 0.25) is 5.02 Å². The second kappa shape index (κ2) is 8.47. The molecule has 6 nitrogen and oxygen atoms in total. The maximum Gasteiger partial charge on any atom is 0.239 e. The van der Waals surface area contributed by atoms with Gasteiger partial charge in [-0.15, -0.1) is 0 Å². The Labute approximate surface area is 181 Å². The minimum absolute atomic E-state index is 0.0640. The Hall–Kier alpha value is -2.25. The number of benzene rings is 1. The summed E-state index contributed by atoms with van der Waals surface area (Å²) >= 11 is 5.73. The average molecular weight is 432 g/mol. The normalized spacial score (nSPS) is 22.2. The van der Waals surface area contributed by atoms with E-state index in [0.717, 1.165) is 24.4 Å². The molecule has 1 saturated heterocycles. The van der Waals surface area contributed by atoms with Crippen LogP contribution >= 0.6 is 11.6 Å². The largest absolute Gasteiger partial charge is 0.350 e. The number of amides is 1. The van der Waals surface area contributed by atoms with Crippen molar-refractivity contribution in [2.45, 2.75) is 51.1 Å². The highest BCUT2D eigenvalue weighted by molar-refractivity contribution is 6.30. The Morgan fingerprint density at radius 2 is 2.13 bits per heavy atom. The van der Waals surface area contributed by atoms with Crippen molar-refractivity contribution in [3.05, 3.63) is 52.2 Å². The van der Waals surface area contributed by atoms with Crippen LogP contribution in [0, 0.1) is 5.82 Å². The van der Waals surface area contributed by atoms with Gasteiger partial charge >= 0.3 is 0 Å². The fourth-order valence-corrected chi connectivity index (χ4v) is 4.68. The number of carbonyl (C=O) groups is 1. The predicted molar refractivity (Wildman–Crippen MR) is 115 cm³/mol. The van der Waals surface area contributed by atoms with Crippen molar-refractivity contribution >= 4 is 23.3 Å². The summed E-state index contributed by atoms with van der Waals surface area (Å²) in [6, 6.07) is 3.94. The van der Waals surface area contributed by atoms with E-state index in [1.807, 2.05) is 4.90 Å². The van der Waals surface area contributed by atoms with E-state index in [2.05, 4.69) is 28.7 Å². The van der Waals surface area contributed by atoms with Gasteiger partial charge in [0.05, 0.1) is 11.1 Å². The first-order chi connectivity index (χ1) is 14.3. The lowest BCUT2D eigenvalue weighted by molar-refractivity contribution is -0.133. The lowest BCUT2D eigenvalue weighted by Crippen LogP contribution is -2.57. The fraction of sp³-hybridized carbons (Fsp3) is 0.500. The number of aryl methyl sites for hydroxylation is 1. The summed E-state index contributed by atoms with van der Waals surface area (Å²) in [4.78, 5) is 26.1. The van der Waals surface area contributed by atoms with Gasteiger partial charge in [-0.25, -0.2) is 14.4 Å². The van der Waals surface area contributed by atoms with Gasteiger partial charge in [0.1, 0.15) is 18.0 Å². The topological polar surface area (TPSA) is 75.4 Å². The van der Waals surface area contributed by atoms with Crippen LogP contribution in [0.1, 0.15) is 43.0 Å². The first-order valence-corrected chi connectivity index (χ1v) is 10.8. The molecule has 1 fully saturated rings. The summed E-state index contributed by atoms with van der Waals surface area (Å²) in [7, 11) is 0. The molecule has 2 heterocycles. The molecule has 0 spiro atoms. The maximum atomic E-state index is 13.7. The number of aromatic nitrogens is 2. The zero-order chi connectivity index (χ0) is 21.4. The minimum Gasteiger partial charge on any atom is -0.350 e. The van der Waals surface area contributed by atoms with Gasteiger partial charge < -0.3 is 15.5 Å². The SMILES string of the molecule is C[C@@H]1CCc2ncnc(N3CCN(C(=O)C(N)Cc4ccc(Cl)c(F)c4)C[C@@H]3C)c21. The summed E-state index contributed by atoms with van der Waals surface area (Å²) < 4.78 is 13.7. The number of hydrogen-bond acceptors (Lipinski definition) is 5. The van der Waals surface area contributed by atoms with Gasteiger partial charge in [-0.1, -0.05) is 24.6 Å². The molecule has 30 heavy (non-hydrogen) atoms. The Balaban J connectivity index is 1.42. The first kappa shape index (κ1) is 21.0. The van der Waals surface area contributed by atoms with E-state index in [1.54, 1.807) is 12.4 Å². The van der Waals surface area contributed by atoms with Crippen molar-refractivity contribution in [2.24, 2.45) is 5.73 Å². The average Bonchev–Trinajstić information content (AvgIpc) is 3.11. The highest BCUT2D eigenvalue weighted by atomic mass is 35.5. The standard InChI is InChI=1S/C22H27ClFN5O/c1-13-3-6-19-20(13)21(27-12-26-19)29-8-7-28(11-14(29)2)22(30)18(25)10-15-4-5-16(23)17(24)9-15/h4-5,9,12-14,18H,3,6-8,10-11,25H2,1-2H3/t13-,14+,18?/m1/s1. The van der Waals surface area contributed by atoms with Crippen LogP contribution in [0.25, 0.3) is 0 Å². The van der Waals surface area contributed by atoms with Crippen molar-refractivity contribution in [1.29, 1.82) is 0 Å². The molecule has 1 aromatic carbocycles. The van der Waals surface area contributed by atoms with E-state index < -0.39 is 11.9 Å². The number of hydrogen-bond donors (Lipinski definition) is 1. The third-order valence-corrected chi connectivity index (χ3v) is 6.53. The molecule has 1 aliphatic carbocycles. The van der Waals surface area contributed by atoms with Crippen LogP contribution in [0.3, 0.4) is 0 Å². The summed E-state index contributed by atoms with van der Waals surface area (Å²) in [6.07, 6.45) is 4.03. The Morgan fingerprint density at radius 3 is 2.87 bits per heavy atom. The monoisotopic (exact) mass is 431 g/mol. The molecule has 8 heteroatoms. The van der Waals surface area contributed by atoms with Gasteiger partial charge in [-0.2, -0.15) is 0 Å². The van der Waals surface area contributed by atoms with Crippen molar-refractivity contribution in [3.63, 3.8) is 0 Å². The Bertz CT molecular complexity index is 955. The van der Waals surface area contributed by atoms with Gasteiger partial charge in [0, 0.05) is 36.9 Å². The molecule has 0 bridgehead atoms. The van der Waals surface area contributed by atoms with Gasteiger partial charge in [-0.3, -0.25) is 4.79 Å². The zero-order valence-corrected chi connectivity index (χ0v) is 18.1. The van der Waals surface area contributed by atoms with Crippen LogP contribution in [0.15, 0.2) is 24.5 Å². The van der Waals surface area contributed by atoms with E-state index in [9.17, 15) is 9.18 Å². The molecule has 2 N–H and O–H groups in total. The lowest BCUT2D eigenvalue weighted by Gasteiger charge is -2.42. The minimum atomic E-state index is -0.715. The van der Waals surface area contributed by atoms with E-state index in [0.29, 0.717) is 31.1 Å². The zero-order valence-electron chi connectivity index (χ0n) is 17.3. The van der Waals surface area contributed by atoms with E-state index >= 15 is 0 Å². The van der Waals surface area contributed by atoms with Crippen LogP contribution in [0.4, 0.5) is 10.2 Å². The van der Waals surface area contributed by atoms with Crippen LogP contribution < -0.4 is 10.6 Å². The molecule has 4 rings (SSSR count). The van der Waals surface area contributed by atoms with Crippen molar-refractivity contribution in [1.82, 2.24) is 14.9 Å². The van der Waals surface area contributed by atoms with Gasteiger partial charge in [-0.05, 0) is 49.8 Å². The predicted octanol–water partition coefficient (Wildman–Crippen LogP) is 2.93. The van der Waals surface area contributed by atoms with E-state index in [1.165, 1.54) is 17.7 Å². The number of carbonyl (C=O) groups excluding carboxylic acids is 1. The number of nitrogens with zero attached hydrogens (tertiary/aromatic N) is 4. The lowest BCUT2D eigenvalue weighted by atomic mass is 10.0. The Kier molecular flexibility index (Phi) is 5.93. The number of piperazine rings is 1. The molecule has 0 radical (unpaired) electrons. The first-order valence-electron chi connectivity index (χ1n) is 10.4. The molecular weight excluding hydrogens is 405 g/mol. The summed E-state index contributed by atoms with van der Waals surface area (Å²) in [5.74, 6) is 0.850. The maximum absolute atomic E-state index is 13.7. The third-order valence-electron chi connectivity index (χ3n) is 6.22. The second-order valence-electron chi connectivity index (χ2n) is 8.38. The summed E-state index contributed by atoms with van der Waals surface area (Å²) in [5, 5.41) is 0.0640. The summed E-state index contributed by atoms with van der Waals surface area (Å²) in [5.41, 5.74) is 9.24. The van der Waals surface area contributed by atoms with E-state index in [-0.39, 0.29) is 23.4 Å². The molecular formula is C22H27ClFN5O. The second-order valence-corrected chi connectivity index (χ2v) is 8.79. The quantitative estimate of drug-likeness (QED) is 0.805. The molecule has 0 saturated carbocycles. The van der Waals surface area contributed by atoms with Crippen LogP contribution in [0.5, 0.6) is 0 Å². The van der Waals surface area contributed by atoms with Crippen LogP contribution in [-0.4, -0.2) is 52.5 Å². The third kappa shape index (κ3) is 4.01. The highest BCUT2D eigenvalue weighted by Gasteiger charge is 2.33. The van der Waals surface area contributed by atoms with Crippen molar-refractivity contribution < 1.29 is 9.18 Å². The van der Waals surface area contributed by atoms with Gasteiger partial charge in [0.25, 0.3) is 0 Å². The molecule has 1 aliphatic heterocycles. The van der Waals surface area contributed by atoms with Crippen LogP contribution in [-0.2, 0) is 17.6 Å². The fourth-order valence-electron chi connectivity index (χ4n) is 4.57. The number of fused-ring (bicyclic) bond motifs is 1. The Morgan fingerprint density at radius 1 is 1.33 bits per heavy atom.